The van der Waals surface area contributed by atoms with Gasteiger partial charge in [-0.05, 0) is 53.8 Å². The van der Waals surface area contributed by atoms with E-state index >= 15 is 0 Å². The molecule has 0 bridgehead atoms. The molecule has 0 atom stereocenters. The van der Waals surface area contributed by atoms with Crippen LogP contribution in [-0.2, 0) is 6.42 Å². The van der Waals surface area contributed by atoms with E-state index in [1.807, 2.05) is 11.8 Å². The van der Waals surface area contributed by atoms with E-state index in [-0.39, 0.29) is 0 Å². The molecule has 0 aliphatic heterocycles. The smallest absolute Gasteiger partial charge is 0.0163 e. The molecule has 0 unspecified atom stereocenters. The van der Waals surface area contributed by atoms with Crippen molar-refractivity contribution >= 4 is 11.8 Å². The van der Waals surface area contributed by atoms with Crippen LogP contribution in [0.25, 0.3) is 11.1 Å². The van der Waals surface area contributed by atoms with Gasteiger partial charge in [-0.1, -0.05) is 65.9 Å². The van der Waals surface area contributed by atoms with Crippen molar-refractivity contribution in [1.82, 2.24) is 0 Å². The van der Waals surface area contributed by atoms with Gasteiger partial charge in [-0.3, -0.25) is 0 Å². The van der Waals surface area contributed by atoms with E-state index in [1.54, 1.807) is 0 Å². The molecule has 0 aromatic heterocycles. The van der Waals surface area contributed by atoms with Gasteiger partial charge in [-0.15, -0.1) is 0 Å². The Kier molecular flexibility index (Phi) is 3.08. The molecular weight excluding hydrogens is 272 g/mol. The number of aryl methyl sites for hydroxylation is 1. The molecule has 1 heteroatoms. The normalized spacial score (nSPS) is 12.0. The summed E-state index contributed by atoms with van der Waals surface area (Å²) >= 11 is 1.88. The van der Waals surface area contributed by atoms with E-state index in [9.17, 15) is 0 Å². The summed E-state index contributed by atoms with van der Waals surface area (Å²) in [5.74, 6) is 0. The molecule has 0 N–H and O–H groups in total. The fourth-order valence-corrected chi connectivity index (χ4v) is 4.13. The first-order valence-electron chi connectivity index (χ1n) is 7.26. The van der Waals surface area contributed by atoms with Crippen molar-refractivity contribution in [2.75, 3.05) is 0 Å². The van der Waals surface area contributed by atoms with Gasteiger partial charge >= 0.3 is 0 Å². The van der Waals surface area contributed by atoms with Crippen molar-refractivity contribution in [3.8, 4) is 11.1 Å². The number of hydrogen-bond donors (Lipinski definition) is 0. The lowest BCUT2D eigenvalue weighted by Crippen LogP contribution is -1.85. The summed E-state index contributed by atoms with van der Waals surface area (Å²) in [6.45, 7) is 2.15. The lowest BCUT2D eigenvalue weighted by atomic mass is 10.1. The topological polar surface area (TPSA) is 0 Å². The zero-order chi connectivity index (χ0) is 14.2. The quantitative estimate of drug-likeness (QED) is 0.455. The number of hydrogen-bond acceptors (Lipinski definition) is 1. The van der Waals surface area contributed by atoms with Crippen LogP contribution in [0.15, 0.2) is 76.5 Å². The second kappa shape index (κ2) is 5.09. The number of benzene rings is 3. The Morgan fingerprint density at radius 3 is 2.52 bits per heavy atom. The van der Waals surface area contributed by atoms with Crippen molar-refractivity contribution in [3.63, 3.8) is 0 Å². The van der Waals surface area contributed by atoms with Crippen LogP contribution in [0, 0.1) is 6.92 Å². The highest BCUT2D eigenvalue weighted by molar-refractivity contribution is 7.99. The second-order valence-electron chi connectivity index (χ2n) is 5.53. The maximum atomic E-state index is 2.26. The van der Waals surface area contributed by atoms with E-state index in [4.69, 9.17) is 0 Å². The molecule has 0 saturated carbocycles. The lowest BCUT2D eigenvalue weighted by Gasteiger charge is -2.08. The summed E-state index contributed by atoms with van der Waals surface area (Å²) < 4.78 is 0. The predicted molar refractivity (Wildman–Crippen MR) is 90.0 cm³/mol. The fourth-order valence-electron chi connectivity index (χ4n) is 3.03. The minimum atomic E-state index is 1.06. The summed E-state index contributed by atoms with van der Waals surface area (Å²) in [5, 5.41) is 0. The molecule has 0 amide bonds. The lowest BCUT2D eigenvalue weighted by molar-refractivity contribution is 1.18. The van der Waals surface area contributed by atoms with Crippen molar-refractivity contribution in [2.24, 2.45) is 0 Å². The third-order valence-corrected chi connectivity index (χ3v) is 5.12. The van der Waals surface area contributed by atoms with Crippen LogP contribution >= 0.6 is 11.8 Å². The van der Waals surface area contributed by atoms with E-state index < -0.39 is 0 Å². The molecule has 21 heavy (non-hydrogen) atoms. The molecule has 0 heterocycles. The summed E-state index contributed by atoms with van der Waals surface area (Å²) in [6.07, 6.45) is 1.06. The molecule has 0 nitrogen and oxygen atoms in total. The highest BCUT2D eigenvalue weighted by atomic mass is 32.2. The summed E-state index contributed by atoms with van der Waals surface area (Å²) in [6, 6.07) is 24.2. The van der Waals surface area contributed by atoms with Gasteiger partial charge in [0.15, 0.2) is 0 Å². The zero-order valence-corrected chi connectivity index (χ0v) is 12.8. The average molecular weight is 288 g/mol. The molecule has 0 fully saturated rings. The second-order valence-corrected chi connectivity index (χ2v) is 6.65. The van der Waals surface area contributed by atoms with Crippen LogP contribution in [0.2, 0.25) is 0 Å². The Morgan fingerprint density at radius 2 is 1.62 bits per heavy atom. The number of fused-ring (bicyclic) bond motifs is 3. The van der Waals surface area contributed by atoms with Crippen molar-refractivity contribution in [2.45, 2.75) is 23.1 Å². The molecule has 0 spiro atoms. The van der Waals surface area contributed by atoms with Gasteiger partial charge in [-0.2, -0.15) is 0 Å². The van der Waals surface area contributed by atoms with Crippen molar-refractivity contribution < 1.29 is 0 Å². The molecule has 4 rings (SSSR count). The van der Waals surface area contributed by atoms with E-state index in [0.29, 0.717) is 0 Å². The number of rotatable bonds is 2. The summed E-state index contributed by atoms with van der Waals surface area (Å²) in [5.41, 5.74) is 7.05. The van der Waals surface area contributed by atoms with Crippen LogP contribution in [0.3, 0.4) is 0 Å². The monoisotopic (exact) mass is 288 g/mol. The van der Waals surface area contributed by atoms with Gasteiger partial charge in [0, 0.05) is 9.79 Å². The van der Waals surface area contributed by atoms with Crippen LogP contribution in [0.5, 0.6) is 0 Å². The minimum absolute atomic E-state index is 1.06. The Morgan fingerprint density at radius 1 is 0.810 bits per heavy atom. The Bertz CT molecular complexity index is 818. The van der Waals surface area contributed by atoms with Gasteiger partial charge in [-0.25, -0.2) is 0 Å². The first kappa shape index (κ1) is 12.7. The third-order valence-electron chi connectivity index (χ3n) is 4.03. The molecule has 1 aliphatic carbocycles. The summed E-state index contributed by atoms with van der Waals surface area (Å²) in [7, 11) is 0. The third kappa shape index (κ3) is 2.28. The zero-order valence-electron chi connectivity index (χ0n) is 12.0. The van der Waals surface area contributed by atoms with Crippen LogP contribution in [0.4, 0.5) is 0 Å². The van der Waals surface area contributed by atoms with Gasteiger partial charge in [0.1, 0.15) is 0 Å². The van der Waals surface area contributed by atoms with Crippen LogP contribution in [-0.4, -0.2) is 0 Å². The van der Waals surface area contributed by atoms with E-state index in [0.717, 1.165) is 6.42 Å². The van der Waals surface area contributed by atoms with Crippen molar-refractivity contribution in [1.29, 1.82) is 0 Å². The Balaban J connectivity index is 1.76. The molecular formula is C20H16S. The van der Waals surface area contributed by atoms with Gasteiger partial charge in [0.25, 0.3) is 0 Å². The molecule has 102 valence electrons. The first-order chi connectivity index (χ1) is 10.3. The van der Waals surface area contributed by atoms with Crippen molar-refractivity contribution in [3.05, 3.63) is 83.4 Å². The predicted octanol–water partition coefficient (Wildman–Crippen LogP) is 5.72. The largest absolute Gasteiger partial charge is 0.0898 e. The first-order valence-corrected chi connectivity index (χ1v) is 8.07. The molecule has 1 aliphatic rings. The fraction of sp³-hybridized carbons (Fsp3) is 0.100. The summed E-state index contributed by atoms with van der Waals surface area (Å²) in [4.78, 5) is 2.70. The highest BCUT2D eigenvalue weighted by Crippen LogP contribution is 2.42. The maximum absolute atomic E-state index is 2.26. The highest BCUT2D eigenvalue weighted by Gasteiger charge is 2.20. The molecule has 3 aromatic rings. The molecule has 0 radical (unpaired) electrons. The SMILES string of the molecule is Cc1cccc(Sc2cccc3c2Cc2ccccc2-3)c1. The average Bonchev–Trinajstić information content (AvgIpc) is 2.87. The molecule has 0 saturated heterocycles. The van der Waals surface area contributed by atoms with Gasteiger partial charge in [0.2, 0.25) is 0 Å². The Hall–Kier alpha value is -1.99. The Labute approximate surface area is 129 Å². The maximum Gasteiger partial charge on any atom is 0.0163 e. The van der Waals surface area contributed by atoms with Crippen LogP contribution < -0.4 is 0 Å². The minimum Gasteiger partial charge on any atom is -0.0898 e. The van der Waals surface area contributed by atoms with Crippen LogP contribution in [0.1, 0.15) is 16.7 Å². The van der Waals surface area contributed by atoms with Gasteiger partial charge in [0.05, 0.1) is 0 Å². The molecule has 3 aromatic carbocycles. The standard InChI is InChI=1S/C20H16S/c1-14-6-4-8-16(12-14)21-20-11-5-10-18-17-9-3-2-7-15(17)13-19(18)20/h2-12H,13H2,1H3. The van der Waals surface area contributed by atoms with E-state index in [2.05, 4.69) is 73.7 Å². The van der Waals surface area contributed by atoms with Gasteiger partial charge < -0.3 is 0 Å². The van der Waals surface area contributed by atoms with E-state index in [1.165, 1.54) is 37.6 Å².